The first-order valence-electron chi connectivity index (χ1n) is 15.6. The number of aromatic amines is 1. The Bertz CT molecular complexity index is 1560. The number of hydrogen-bond acceptors (Lipinski definition) is 4. The van der Waals surface area contributed by atoms with E-state index in [1.54, 1.807) is 24.8 Å². The molecule has 238 valence electrons. The highest BCUT2D eigenvalue weighted by Gasteiger charge is 2.63. The van der Waals surface area contributed by atoms with Crippen LogP contribution in [0.15, 0.2) is 30.6 Å². The van der Waals surface area contributed by atoms with E-state index in [1.807, 2.05) is 18.3 Å². The van der Waals surface area contributed by atoms with Gasteiger partial charge in [0.15, 0.2) is 5.69 Å². The predicted octanol–water partition coefficient (Wildman–Crippen LogP) is 7.84. The molecule has 3 aromatic rings. The fraction of sp³-hybridized carbons (Fsp3) is 0.606. The molecule has 44 heavy (non-hydrogen) atoms. The molecule has 0 saturated heterocycles. The number of H-pyrrole nitrogens is 1. The van der Waals surface area contributed by atoms with Gasteiger partial charge >= 0.3 is 12.1 Å². The van der Waals surface area contributed by atoms with E-state index in [9.17, 15) is 22.8 Å². The Kier molecular flexibility index (Phi) is 7.82. The predicted molar refractivity (Wildman–Crippen MR) is 161 cm³/mol. The Balaban J connectivity index is 1.28. The summed E-state index contributed by atoms with van der Waals surface area (Å²) in [7, 11) is 0. The van der Waals surface area contributed by atoms with E-state index in [2.05, 4.69) is 23.9 Å². The molecule has 2 heterocycles. The molecule has 3 fully saturated rings. The zero-order chi connectivity index (χ0) is 31.6. The molecule has 3 atom stereocenters. The number of rotatable bonds is 8. The van der Waals surface area contributed by atoms with Crippen molar-refractivity contribution in [1.82, 2.24) is 19.7 Å². The van der Waals surface area contributed by atoms with Crippen molar-refractivity contribution in [3.63, 3.8) is 0 Å². The molecule has 0 radical (unpaired) electrons. The summed E-state index contributed by atoms with van der Waals surface area (Å²) in [6.45, 7) is 8.51. The van der Waals surface area contributed by atoms with Gasteiger partial charge in [-0.05, 0) is 93.7 Å². The maximum atomic E-state index is 14.8. The molecule has 1 aromatic carbocycles. The third kappa shape index (κ3) is 5.31. The lowest BCUT2D eigenvalue weighted by molar-refractivity contribution is -0.157. The molecular formula is C33H40ClF3N4O3. The van der Waals surface area contributed by atoms with Crippen molar-refractivity contribution in [1.29, 1.82) is 0 Å². The monoisotopic (exact) mass is 632 g/mol. The van der Waals surface area contributed by atoms with Crippen LogP contribution in [0.3, 0.4) is 0 Å². The number of hydrogen-bond donors (Lipinski definition) is 1. The lowest BCUT2D eigenvalue weighted by Gasteiger charge is -2.36. The molecule has 1 amide bonds. The minimum Gasteiger partial charge on any atom is -0.466 e. The topological polar surface area (TPSA) is 80.2 Å². The number of alkyl halides is 3. The van der Waals surface area contributed by atoms with Crippen molar-refractivity contribution in [2.75, 3.05) is 13.2 Å². The van der Waals surface area contributed by atoms with Gasteiger partial charge < -0.3 is 14.6 Å². The van der Waals surface area contributed by atoms with Crippen LogP contribution in [0.1, 0.15) is 93.9 Å². The molecule has 3 aliphatic carbocycles. The highest BCUT2D eigenvalue weighted by molar-refractivity contribution is 6.35. The molecule has 1 N–H and O–H groups in total. The average Bonchev–Trinajstić information content (AvgIpc) is 3.53. The van der Waals surface area contributed by atoms with Crippen LogP contribution in [-0.2, 0) is 22.1 Å². The average molecular weight is 633 g/mol. The fourth-order valence-electron chi connectivity index (χ4n) is 8.05. The normalized spacial score (nSPS) is 27.7. The summed E-state index contributed by atoms with van der Waals surface area (Å²) in [6, 6.07) is 4.87. The summed E-state index contributed by atoms with van der Waals surface area (Å²) in [6.07, 6.45) is 1.63. The zero-order valence-electron chi connectivity index (χ0n) is 25.6. The lowest BCUT2D eigenvalue weighted by Crippen LogP contribution is -2.42. The van der Waals surface area contributed by atoms with E-state index >= 15 is 0 Å². The molecule has 6 rings (SSSR count). The van der Waals surface area contributed by atoms with E-state index in [0.717, 1.165) is 40.2 Å². The highest BCUT2D eigenvalue weighted by atomic mass is 35.5. The van der Waals surface area contributed by atoms with Gasteiger partial charge in [0, 0.05) is 29.7 Å². The standard InChI is InChI=1S/C33H40ClF3N4O3/c1-5-44-30(43)32(4)12-9-20(10-13-32)41-28(33(35,36)37)22(18-39-41)29(42)40(21-15-23-24(16-21)31(23,2)3)14-11-19-17-38-26-8-6-7-25(34)27(19)26/h6-8,17-18,20-21,23-24,38H,5,9-16H2,1-4H3/t20?,21-,23+,24-,32?. The third-order valence-electron chi connectivity index (χ3n) is 10.9. The summed E-state index contributed by atoms with van der Waals surface area (Å²) in [5.74, 6) is -0.0290. The maximum absolute atomic E-state index is 14.8. The molecule has 7 nitrogen and oxygen atoms in total. The number of esters is 1. The summed E-state index contributed by atoms with van der Waals surface area (Å²) < 4.78 is 50.5. The van der Waals surface area contributed by atoms with E-state index in [0.29, 0.717) is 49.0 Å². The number of aromatic nitrogens is 3. The molecule has 0 aliphatic heterocycles. The van der Waals surface area contributed by atoms with Crippen LogP contribution in [0.4, 0.5) is 13.2 Å². The second kappa shape index (κ2) is 11.1. The number of benzene rings is 1. The van der Waals surface area contributed by atoms with Gasteiger partial charge in [-0.1, -0.05) is 31.5 Å². The molecule has 0 bridgehead atoms. The Morgan fingerprint density at radius 2 is 1.84 bits per heavy atom. The molecule has 2 aromatic heterocycles. The van der Waals surface area contributed by atoms with Gasteiger partial charge in [-0.25, -0.2) is 0 Å². The van der Waals surface area contributed by atoms with Crippen LogP contribution < -0.4 is 0 Å². The van der Waals surface area contributed by atoms with E-state index in [-0.39, 0.29) is 30.6 Å². The quantitative estimate of drug-likeness (QED) is 0.257. The number of carbonyl (C=O) groups excluding carboxylic acids is 2. The first-order chi connectivity index (χ1) is 20.8. The van der Waals surface area contributed by atoms with Crippen LogP contribution in [0.5, 0.6) is 0 Å². The van der Waals surface area contributed by atoms with E-state index in [1.165, 1.54) is 0 Å². The van der Waals surface area contributed by atoms with Crippen molar-refractivity contribution in [3.05, 3.63) is 52.4 Å². The van der Waals surface area contributed by atoms with Crippen molar-refractivity contribution in [3.8, 4) is 0 Å². The maximum Gasteiger partial charge on any atom is 0.433 e. The van der Waals surface area contributed by atoms with Crippen molar-refractivity contribution >= 4 is 34.4 Å². The van der Waals surface area contributed by atoms with Crippen LogP contribution in [0.2, 0.25) is 5.02 Å². The summed E-state index contributed by atoms with van der Waals surface area (Å²) in [4.78, 5) is 31.6. The third-order valence-corrected chi connectivity index (χ3v) is 11.2. The van der Waals surface area contributed by atoms with Crippen molar-refractivity contribution in [2.24, 2.45) is 22.7 Å². The largest absolute Gasteiger partial charge is 0.466 e. The molecule has 0 unspecified atom stereocenters. The molecule has 11 heteroatoms. The second-order valence-corrected chi connectivity index (χ2v) is 14.2. The van der Waals surface area contributed by atoms with Gasteiger partial charge in [-0.15, -0.1) is 0 Å². The number of nitrogens with zero attached hydrogens (tertiary/aromatic N) is 3. The molecular weight excluding hydrogens is 593 g/mol. The van der Waals surface area contributed by atoms with Gasteiger partial charge in [-0.3, -0.25) is 14.3 Å². The Morgan fingerprint density at radius 3 is 2.48 bits per heavy atom. The van der Waals surface area contributed by atoms with Crippen molar-refractivity contribution < 1.29 is 27.5 Å². The zero-order valence-corrected chi connectivity index (χ0v) is 26.4. The number of amides is 1. The van der Waals surface area contributed by atoms with Gasteiger partial charge in [0.2, 0.25) is 0 Å². The number of halogens is 4. The highest BCUT2D eigenvalue weighted by Crippen LogP contribution is 2.67. The van der Waals surface area contributed by atoms with E-state index < -0.39 is 34.8 Å². The Hall–Kier alpha value is -3.01. The second-order valence-electron chi connectivity index (χ2n) is 13.7. The number of nitrogens with one attached hydrogen (secondary N) is 1. The minimum absolute atomic E-state index is 0.143. The van der Waals surface area contributed by atoms with Gasteiger partial charge in [0.25, 0.3) is 5.91 Å². The van der Waals surface area contributed by atoms with Gasteiger partial charge in [0.1, 0.15) is 0 Å². The Morgan fingerprint density at radius 1 is 1.16 bits per heavy atom. The Labute approximate surface area is 260 Å². The van der Waals surface area contributed by atoms with Gasteiger partial charge in [0.05, 0.1) is 34.8 Å². The van der Waals surface area contributed by atoms with Crippen LogP contribution in [-0.4, -0.2) is 50.7 Å². The molecule has 0 spiro atoms. The lowest BCUT2D eigenvalue weighted by atomic mass is 9.74. The number of carbonyl (C=O) groups is 2. The summed E-state index contributed by atoms with van der Waals surface area (Å²) >= 11 is 6.50. The number of ether oxygens (including phenoxy) is 1. The molecule has 3 aliphatic rings. The summed E-state index contributed by atoms with van der Waals surface area (Å²) in [5, 5.41) is 5.64. The van der Waals surface area contributed by atoms with Gasteiger partial charge in [-0.2, -0.15) is 18.3 Å². The fourth-order valence-corrected chi connectivity index (χ4v) is 8.35. The van der Waals surface area contributed by atoms with Crippen molar-refractivity contribution in [2.45, 2.75) is 90.9 Å². The first-order valence-corrected chi connectivity index (χ1v) is 16.0. The number of fused-ring (bicyclic) bond motifs is 2. The molecule has 3 saturated carbocycles. The SMILES string of the molecule is CCOC(=O)C1(C)CCC(n2ncc(C(=O)N(CCc3c[nH]c4cccc(Cl)c34)[C@H]3C[C@@H]4[C@H](C3)C4(C)C)c2C(F)(F)F)CC1. The van der Waals surface area contributed by atoms with E-state index in [4.69, 9.17) is 16.3 Å². The minimum atomic E-state index is -4.78. The van der Waals surface area contributed by atoms with Crippen LogP contribution in [0.25, 0.3) is 10.9 Å². The first kappa shape index (κ1) is 31.0. The summed E-state index contributed by atoms with van der Waals surface area (Å²) in [5.41, 5.74) is -0.150. The van der Waals surface area contributed by atoms with Crippen LogP contribution >= 0.6 is 11.6 Å². The van der Waals surface area contributed by atoms with Crippen LogP contribution in [0, 0.1) is 22.7 Å². The smallest absolute Gasteiger partial charge is 0.433 e.